The molecule has 0 unspecified atom stereocenters. The molecular weight excluding hydrogens is 1090 g/mol. The number of likely N-dealkylation sites (N-methyl/N-ethyl adjacent to an activating group) is 7. The van der Waals surface area contributed by atoms with Gasteiger partial charge in [0.05, 0.1) is 18.7 Å². The molecule has 2 aliphatic rings. The van der Waals surface area contributed by atoms with Gasteiger partial charge in [0, 0.05) is 68.3 Å². The van der Waals surface area contributed by atoms with Gasteiger partial charge in [-0.25, -0.2) is 0 Å². The molecule has 22 heteroatoms. The summed E-state index contributed by atoms with van der Waals surface area (Å²) in [5.74, 6) is -8.99. The van der Waals surface area contributed by atoms with Gasteiger partial charge in [0.1, 0.15) is 48.3 Å². The second kappa shape index (κ2) is 34.0. The monoisotopic (exact) mass is 1200 g/mol. The van der Waals surface area contributed by atoms with Crippen LogP contribution in [0.25, 0.3) is 0 Å². The van der Waals surface area contributed by atoms with Crippen molar-refractivity contribution in [3.63, 3.8) is 0 Å². The zero-order valence-electron chi connectivity index (χ0n) is 56.2. The number of amides is 10. The predicted octanol–water partition coefficient (Wildman–Crippen LogP) is 4.60. The van der Waals surface area contributed by atoms with Crippen molar-refractivity contribution in [1.29, 1.82) is 0 Å². The normalized spacial score (nSPS) is 29.1. The van der Waals surface area contributed by atoms with Gasteiger partial charge in [-0.3, -0.25) is 52.7 Å². The van der Waals surface area contributed by atoms with Crippen molar-refractivity contribution in [1.82, 2.24) is 50.2 Å². The Labute approximate surface area is 509 Å². The molecule has 12 atom stereocenters. The largest absolute Gasteiger partial charge is 0.375 e. The summed E-state index contributed by atoms with van der Waals surface area (Å²) < 4.78 is 6.41. The van der Waals surface area contributed by atoms with Gasteiger partial charge in [-0.1, -0.05) is 110 Å². The summed E-state index contributed by atoms with van der Waals surface area (Å²) in [5.41, 5.74) is 0. The maximum absolute atomic E-state index is 15.3. The first-order valence-corrected chi connectivity index (χ1v) is 31.2. The maximum atomic E-state index is 15.3. The standard InChI is InChI=1S/C63H112N10O12/c1-24-44-59(80)67(17)34-50(75)68(18)45(29-35(2)3)56(77)66-51(39(10)11)62(83)69(19)46(30-36(4)5)55(76)64-43(16)49(74)33-42(15)58(79)70(20)47(31-37(6)7)60(81)71(21)48(32-38(8)9)61(82)72(22)52(40(12)13)63(84)73(23)53(57(78)65-44)54-41(14)27-25-26-28-85-54/h35-48,51-54H,24-34H2,1-23H3,(H,64,76)(H,65,78)(H,66,77)/t41-,42-,43-,44-,45+,46-,47-,48-,51-,52-,53-,54-/m1/s1. The van der Waals surface area contributed by atoms with Gasteiger partial charge in [-0.2, -0.15) is 0 Å². The fourth-order valence-corrected chi connectivity index (χ4v) is 11.6. The topological polar surface area (TPSA) is 256 Å². The number of nitrogens with one attached hydrogen (secondary N) is 3. The van der Waals surface area contributed by atoms with Gasteiger partial charge in [-0.15, -0.1) is 0 Å². The summed E-state index contributed by atoms with van der Waals surface area (Å²) in [6.07, 6.45) is 1.95. The van der Waals surface area contributed by atoms with Gasteiger partial charge in [0.25, 0.3) is 0 Å². The highest BCUT2D eigenvalue weighted by Crippen LogP contribution is 2.29. The van der Waals surface area contributed by atoms with Crippen molar-refractivity contribution in [3.05, 3.63) is 0 Å². The van der Waals surface area contributed by atoms with Crippen LogP contribution in [0.4, 0.5) is 0 Å². The first-order valence-electron chi connectivity index (χ1n) is 31.2. The molecule has 2 heterocycles. The minimum atomic E-state index is -1.29. The number of ether oxygens (including phenoxy) is 1. The lowest BCUT2D eigenvalue weighted by Gasteiger charge is -2.42. The first-order chi connectivity index (χ1) is 39.3. The summed E-state index contributed by atoms with van der Waals surface area (Å²) in [7, 11) is 10.3. The highest BCUT2D eigenvalue weighted by Gasteiger charge is 2.46. The van der Waals surface area contributed by atoms with E-state index in [2.05, 4.69) is 16.0 Å². The third-order valence-corrected chi connectivity index (χ3v) is 17.0. The van der Waals surface area contributed by atoms with Crippen LogP contribution in [0.5, 0.6) is 0 Å². The lowest BCUT2D eigenvalue weighted by Crippen LogP contribution is -2.63. The van der Waals surface area contributed by atoms with Gasteiger partial charge < -0.3 is 55.0 Å². The number of ketones is 1. The molecule has 0 aliphatic carbocycles. The summed E-state index contributed by atoms with van der Waals surface area (Å²) in [5, 5.41) is 8.56. The van der Waals surface area contributed by atoms with E-state index >= 15 is 19.2 Å². The molecule has 0 aromatic carbocycles. The van der Waals surface area contributed by atoms with Gasteiger partial charge in [0.2, 0.25) is 59.1 Å². The lowest BCUT2D eigenvalue weighted by molar-refractivity contribution is -0.158. The Hall–Kier alpha value is -5.67. The van der Waals surface area contributed by atoms with E-state index in [0.29, 0.717) is 13.0 Å². The molecule has 2 saturated heterocycles. The summed E-state index contributed by atoms with van der Waals surface area (Å²) in [6, 6.07) is -10.3. The Morgan fingerprint density at radius 3 is 1.42 bits per heavy atom. The molecule has 2 rings (SSSR count). The summed E-state index contributed by atoms with van der Waals surface area (Å²) >= 11 is 0. The number of hydrogen-bond acceptors (Lipinski definition) is 12. The van der Waals surface area contributed by atoms with Gasteiger partial charge >= 0.3 is 0 Å². The SMILES string of the molecule is CC[C@H]1NC(=O)[C@@H]([C@@H]2OCCCC[C@H]2C)N(C)C(=O)[C@@H](C(C)C)N(C)C(=O)[C@@H](CC(C)C)N(C)C(=O)[C@@H](CC(C)C)N(C)C(=O)[C@H](C)CC(=O)[C@@H](C)NC(=O)[C@@H](CC(C)C)N(C)C(=O)[C@@H](C(C)C)NC(=O)[C@H](CC(C)C)N(C)C(=O)CN(C)C1=O. The Morgan fingerprint density at radius 1 is 0.482 bits per heavy atom. The third-order valence-electron chi connectivity index (χ3n) is 17.0. The molecule has 22 nitrogen and oxygen atoms in total. The van der Waals surface area contributed by atoms with Crippen LogP contribution in [0.15, 0.2) is 0 Å². The summed E-state index contributed by atoms with van der Waals surface area (Å²) in [4.78, 5) is 170. The van der Waals surface area contributed by atoms with Crippen molar-refractivity contribution in [2.45, 2.75) is 229 Å². The molecule has 2 aliphatic heterocycles. The first kappa shape index (κ1) is 75.4. The van der Waals surface area contributed by atoms with Crippen molar-refractivity contribution >= 4 is 64.9 Å². The fourth-order valence-electron chi connectivity index (χ4n) is 11.6. The van der Waals surface area contributed by atoms with E-state index in [1.807, 2.05) is 62.3 Å². The van der Waals surface area contributed by atoms with Crippen LogP contribution in [0.3, 0.4) is 0 Å². The van der Waals surface area contributed by atoms with E-state index in [9.17, 15) is 33.6 Å². The van der Waals surface area contributed by atoms with Crippen molar-refractivity contribution in [2.75, 3.05) is 62.5 Å². The zero-order valence-corrected chi connectivity index (χ0v) is 56.2. The minimum Gasteiger partial charge on any atom is -0.375 e. The average molecular weight is 1200 g/mol. The second-order valence-corrected chi connectivity index (χ2v) is 27.0. The smallest absolute Gasteiger partial charge is 0.246 e. The molecule has 0 saturated carbocycles. The minimum absolute atomic E-state index is 0.0923. The number of nitrogens with zero attached hydrogens (tertiary/aromatic N) is 7. The Balaban J connectivity index is 2.96. The highest BCUT2D eigenvalue weighted by atomic mass is 16.5. The molecule has 0 bridgehead atoms. The quantitative estimate of drug-likeness (QED) is 0.242. The van der Waals surface area contributed by atoms with Crippen LogP contribution in [0.1, 0.15) is 169 Å². The fraction of sp³-hybridized carbons (Fsp3) is 0.825. The van der Waals surface area contributed by atoms with E-state index in [4.69, 9.17) is 4.74 Å². The molecule has 0 spiro atoms. The maximum Gasteiger partial charge on any atom is 0.246 e. The van der Waals surface area contributed by atoms with E-state index in [0.717, 1.165) is 12.8 Å². The van der Waals surface area contributed by atoms with Crippen molar-refractivity contribution < 1.29 is 57.5 Å². The van der Waals surface area contributed by atoms with Crippen LogP contribution < -0.4 is 16.0 Å². The Kier molecular flexibility index (Phi) is 30.2. The molecule has 0 aromatic rings. The number of Topliss-reactive ketones (excluding diaryl/α,β-unsaturated/α-hetero) is 1. The Morgan fingerprint density at radius 2 is 0.941 bits per heavy atom. The number of carbonyl (C=O) groups is 11. The van der Waals surface area contributed by atoms with E-state index in [1.165, 1.54) is 90.6 Å². The van der Waals surface area contributed by atoms with Gasteiger partial charge in [-0.05, 0) is 93.3 Å². The third kappa shape index (κ3) is 20.7. The molecular formula is C63H112N10O12. The zero-order chi connectivity index (χ0) is 65.4. The van der Waals surface area contributed by atoms with Gasteiger partial charge in [0.15, 0.2) is 5.78 Å². The molecule has 0 radical (unpaired) electrons. The van der Waals surface area contributed by atoms with Crippen LogP contribution in [-0.4, -0.2) is 222 Å². The summed E-state index contributed by atoms with van der Waals surface area (Å²) in [6.45, 7) is 28.8. The molecule has 0 aromatic heterocycles. The van der Waals surface area contributed by atoms with Crippen LogP contribution in [-0.2, 0) is 57.5 Å². The van der Waals surface area contributed by atoms with Crippen LogP contribution in [0.2, 0.25) is 0 Å². The van der Waals surface area contributed by atoms with Crippen LogP contribution in [0, 0.1) is 47.3 Å². The highest BCUT2D eigenvalue weighted by molar-refractivity contribution is 5.99. The second-order valence-electron chi connectivity index (χ2n) is 27.0. The average Bonchev–Trinajstić information content (AvgIpc) is 2.75. The Bertz CT molecular complexity index is 2310. The van der Waals surface area contributed by atoms with Crippen molar-refractivity contribution in [2.24, 2.45) is 47.3 Å². The number of rotatable bonds is 12. The molecule has 3 N–H and O–H groups in total. The van der Waals surface area contributed by atoms with Crippen LogP contribution >= 0.6 is 0 Å². The predicted molar refractivity (Wildman–Crippen MR) is 328 cm³/mol. The number of hydrogen-bond donors (Lipinski definition) is 3. The van der Waals surface area contributed by atoms with E-state index < -0.39 is 150 Å². The molecule has 2 fully saturated rings. The molecule has 10 amide bonds. The lowest BCUT2D eigenvalue weighted by atomic mass is 9.91. The molecule has 486 valence electrons. The molecule has 85 heavy (non-hydrogen) atoms. The van der Waals surface area contributed by atoms with E-state index in [-0.39, 0.29) is 68.1 Å². The van der Waals surface area contributed by atoms with Crippen molar-refractivity contribution in [3.8, 4) is 0 Å². The van der Waals surface area contributed by atoms with E-state index in [1.54, 1.807) is 41.5 Å². The number of carbonyl (C=O) groups excluding carboxylic acids is 11.